The molecule has 3 rings (SSSR count). The molecule has 3 nitrogen and oxygen atoms in total. The normalized spacial score (nSPS) is 14.2. The molecule has 1 aliphatic rings. The Labute approximate surface area is 116 Å². The van der Waals surface area contributed by atoms with E-state index in [9.17, 15) is 4.79 Å². The first-order chi connectivity index (χ1) is 9.24. The molecule has 1 aliphatic heterocycles. The molecule has 0 saturated carbocycles. The Morgan fingerprint density at radius 3 is 3.05 bits per heavy atom. The van der Waals surface area contributed by atoms with Gasteiger partial charge in [-0.1, -0.05) is 12.1 Å². The van der Waals surface area contributed by atoms with Crippen LogP contribution in [0.2, 0.25) is 0 Å². The monoisotopic (exact) mass is 272 g/mol. The zero-order valence-electron chi connectivity index (χ0n) is 10.6. The molecule has 2 aromatic rings. The minimum absolute atomic E-state index is 0.161. The minimum atomic E-state index is 0.161. The first-order valence-electron chi connectivity index (χ1n) is 6.45. The van der Waals surface area contributed by atoms with E-state index in [-0.39, 0.29) is 5.91 Å². The molecule has 0 fully saturated rings. The van der Waals surface area contributed by atoms with Gasteiger partial charge >= 0.3 is 0 Å². The third kappa shape index (κ3) is 2.49. The van der Waals surface area contributed by atoms with Crippen molar-refractivity contribution in [1.82, 2.24) is 0 Å². The van der Waals surface area contributed by atoms with Gasteiger partial charge in [-0.25, -0.2) is 0 Å². The van der Waals surface area contributed by atoms with Gasteiger partial charge in [-0.15, -0.1) is 11.3 Å². The van der Waals surface area contributed by atoms with E-state index in [2.05, 4.69) is 0 Å². The van der Waals surface area contributed by atoms with Crippen LogP contribution in [0, 0.1) is 0 Å². The van der Waals surface area contributed by atoms with Crippen molar-refractivity contribution >= 4 is 28.6 Å². The molecule has 19 heavy (non-hydrogen) atoms. The number of carbonyl (C=O) groups is 1. The Hall–Kier alpha value is -1.81. The van der Waals surface area contributed by atoms with E-state index in [1.54, 1.807) is 11.3 Å². The first kappa shape index (κ1) is 12.2. The lowest BCUT2D eigenvalue weighted by atomic mass is 10.0. The number of rotatable bonds is 2. The molecule has 0 spiro atoms. The van der Waals surface area contributed by atoms with Crippen LogP contribution in [0.25, 0.3) is 0 Å². The summed E-state index contributed by atoms with van der Waals surface area (Å²) in [4.78, 5) is 15.4. The molecule has 0 saturated heterocycles. The van der Waals surface area contributed by atoms with E-state index in [0.717, 1.165) is 35.6 Å². The number of aryl methyl sites for hydroxylation is 1. The summed E-state index contributed by atoms with van der Waals surface area (Å²) in [6.45, 7) is 0.792. The second-order valence-electron chi connectivity index (χ2n) is 4.79. The van der Waals surface area contributed by atoms with Gasteiger partial charge in [0.1, 0.15) is 0 Å². The molecule has 98 valence electrons. The number of nitrogens with two attached hydrogens (primary N) is 1. The molecule has 0 bridgehead atoms. The lowest BCUT2D eigenvalue weighted by Gasteiger charge is -2.29. The first-order valence-corrected chi connectivity index (χ1v) is 7.33. The largest absolute Gasteiger partial charge is 0.399 e. The number of hydrogen-bond acceptors (Lipinski definition) is 3. The molecule has 0 aliphatic carbocycles. The number of benzene rings is 1. The molecule has 0 unspecified atom stereocenters. The van der Waals surface area contributed by atoms with Gasteiger partial charge < -0.3 is 10.6 Å². The Bertz CT molecular complexity index is 592. The number of fused-ring (bicyclic) bond motifs is 1. The van der Waals surface area contributed by atoms with Crippen LogP contribution >= 0.6 is 11.3 Å². The molecule has 1 aromatic carbocycles. The van der Waals surface area contributed by atoms with Gasteiger partial charge in [0, 0.05) is 22.8 Å². The SMILES string of the molecule is Nc1ccc2c(c1)N(C(=O)Cc1cccs1)CCC2. The van der Waals surface area contributed by atoms with Crippen molar-refractivity contribution in [3.05, 3.63) is 46.2 Å². The Morgan fingerprint density at radius 2 is 2.26 bits per heavy atom. The summed E-state index contributed by atoms with van der Waals surface area (Å²) >= 11 is 1.63. The summed E-state index contributed by atoms with van der Waals surface area (Å²) in [7, 11) is 0. The fourth-order valence-electron chi connectivity index (χ4n) is 2.51. The van der Waals surface area contributed by atoms with E-state index < -0.39 is 0 Å². The summed E-state index contributed by atoms with van der Waals surface area (Å²) in [5.41, 5.74) is 8.78. The maximum Gasteiger partial charge on any atom is 0.232 e. The van der Waals surface area contributed by atoms with Crippen molar-refractivity contribution in [2.75, 3.05) is 17.2 Å². The lowest BCUT2D eigenvalue weighted by molar-refractivity contribution is -0.118. The third-order valence-electron chi connectivity index (χ3n) is 3.43. The Kier molecular flexibility index (Phi) is 3.25. The van der Waals surface area contributed by atoms with Crippen LogP contribution in [-0.4, -0.2) is 12.5 Å². The highest BCUT2D eigenvalue weighted by molar-refractivity contribution is 7.10. The average Bonchev–Trinajstić information content (AvgIpc) is 2.90. The zero-order valence-corrected chi connectivity index (χ0v) is 11.5. The van der Waals surface area contributed by atoms with Crippen molar-refractivity contribution in [3.8, 4) is 0 Å². The highest BCUT2D eigenvalue weighted by Gasteiger charge is 2.22. The molecule has 1 aromatic heterocycles. The fourth-order valence-corrected chi connectivity index (χ4v) is 3.20. The van der Waals surface area contributed by atoms with Crippen LogP contribution in [0.4, 0.5) is 11.4 Å². The maximum atomic E-state index is 12.4. The number of nitrogens with zero attached hydrogens (tertiary/aromatic N) is 1. The lowest BCUT2D eigenvalue weighted by Crippen LogP contribution is -2.36. The Morgan fingerprint density at radius 1 is 1.37 bits per heavy atom. The number of anilines is 2. The van der Waals surface area contributed by atoms with Crippen LogP contribution in [0.15, 0.2) is 35.7 Å². The average molecular weight is 272 g/mol. The number of thiophene rings is 1. The summed E-state index contributed by atoms with van der Waals surface area (Å²) in [5, 5.41) is 2.00. The summed E-state index contributed by atoms with van der Waals surface area (Å²) in [6.07, 6.45) is 2.53. The topological polar surface area (TPSA) is 46.3 Å². The molecule has 2 N–H and O–H groups in total. The van der Waals surface area contributed by atoms with Crippen molar-refractivity contribution in [2.45, 2.75) is 19.3 Å². The number of hydrogen-bond donors (Lipinski definition) is 1. The maximum absolute atomic E-state index is 12.4. The molecular formula is C15H16N2OS. The molecule has 2 heterocycles. The van der Waals surface area contributed by atoms with Crippen LogP contribution in [0.3, 0.4) is 0 Å². The molecule has 1 amide bonds. The Balaban J connectivity index is 1.86. The predicted molar refractivity (Wildman–Crippen MR) is 79.6 cm³/mol. The van der Waals surface area contributed by atoms with Gasteiger partial charge in [0.15, 0.2) is 0 Å². The number of nitrogen functional groups attached to an aromatic ring is 1. The molecule has 4 heteroatoms. The van der Waals surface area contributed by atoms with Gasteiger partial charge in [0.25, 0.3) is 0 Å². The van der Waals surface area contributed by atoms with Gasteiger partial charge in [0.2, 0.25) is 5.91 Å². The third-order valence-corrected chi connectivity index (χ3v) is 4.31. The number of amides is 1. The van der Waals surface area contributed by atoms with E-state index in [4.69, 9.17) is 5.73 Å². The second kappa shape index (κ2) is 5.05. The van der Waals surface area contributed by atoms with Crippen LogP contribution < -0.4 is 10.6 Å². The molecule has 0 radical (unpaired) electrons. The summed E-state index contributed by atoms with van der Waals surface area (Å²) < 4.78 is 0. The highest BCUT2D eigenvalue weighted by Crippen LogP contribution is 2.29. The van der Waals surface area contributed by atoms with Crippen LogP contribution in [0.5, 0.6) is 0 Å². The highest BCUT2D eigenvalue weighted by atomic mass is 32.1. The van der Waals surface area contributed by atoms with Crippen LogP contribution in [0.1, 0.15) is 16.9 Å². The summed E-state index contributed by atoms with van der Waals surface area (Å²) in [6, 6.07) is 9.85. The van der Waals surface area contributed by atoms with Crippen molar-refractivity contribution < 1.29 is 4.79 Å². The van der Waals surface area contributed by atoms with E-state index in [1.807, 2.05) is 40.6 Å². The standard InChI is InChI=1S/C15H16N2OS/c16-12-6-5-11-3-1-7-17(14(11)9-12)15(18)10-13-4-2-8-19-13/h2,4-6,8-9H,1,3,7,10,16H2. The fraction of sp³-hybridized carbons (Fsp3) is 0.267. The molecule has 0 atom stereocenters. The predicted octanol–water partition coefficient (Wildman–Crippen LogP) is 2.85. The van der Waals surface area contributed by atoms with E-state index >= 15 is 0 Å². The second-order valence-corrected chi connectivity index (χ2v) is 5.83. The van der Waals surface area contributed by atoms with Crippen molar-refractivity contribution in [2.24, 2.45) is 0 Å². The van der Waals surface area contributed by atoms with Gasteiger partial charge in [-0.05, 0) is 42.0 Å². The van der Waals surface area contributed by atoms with Crippen molar-refractivity contribution in [1.29, 1.82) is 0 Å². The van der Waals surface area contributed by atoms with Crippen LogP contribution in [-0.2, 0) is 17.6 Å². The smallest absolute Gasteiger partial charge is 0.232 e. The summed E-state index contributed by atoms with van der Waals surface area (Å²) in [5.74, 6) is 0.161. The number of carbonyl (C=O) groups excluding carboxylic acids is 1. The zero-order chi connectivity index (χ0) is 13.2. The van der Waals surface area contributed by atoms with E-state index in [1.165, 1.54) is 5.56 Å². The van der Waals surface area contributed by atoms with Gasteiger partial charge in [0.05, 0.1) is 6.42 Å². The van der Waals surface area contributed by atoms with Crippen molar-refractivity contribution in [3.63, 3.8) is 0 Å². The van der Waals surface area contributed by atoms with Gasteiger partial charge in [-0.2, -0.15) is 0 Å². The molecular weight excluding hydrogens is 256 g/mol. The van der Waals surface area contributed by atoms with E-state index in [0.29, 0.717) is 6.42 Å². The van der Waals surface area contributed by atoms with Gasteiger partial charge in [-0.3, -0.25) is 4.79 Å². The minimum Gasteiger partial charge on any atom is -0.399 e. The quantitative estimate of drug-likeness (QED) is 0.854.